The van der Waals surface area contributed by atoms with E-state index in [4.69, 9.17) is 16.7 Å². The summed E-state index contributed by atoms with van der Waals surface area (Å²) in [6, 6.07) is 5.68. The van der Waals surface area contributed by atoms with Crippen molar-refractivity contribution in [3.8, 4) is 0 Å². The quantitative estimate of drug-likeness (QED) is 0.913. The van der Waals surface area contributed by atoms with E-state index in [1.807, 2.05) is 6.07 Å². The minimum atomic E-state index is -0.987. The van der Waals surface area contributed by atoms with Gasteiger partial charge in [-0.05, 0) is 38.7 Å². The zero-order chi connectivity index (χ0) is 13.3. The fourth-order valence-corrected chi connectivity index (χ4v) is 2.53. The molecule has 5 heteroatoms. The number of halogens is 1. The Morgan fingerprint density at radius 1 is 1.50 bits per heavy atom. The molecule has 18 heavy (non-hydrogen) atoms. The summed E-state index contributed by atoms with van der Waals surface area (Å²) in [5.41, 5.74) is 1.15. The van der Waals surface area contributed by atoms with Gasteiger partial charge in [0, 0.05) is 24.8 Å². The molecule has 4 nitrogen and oxygen atoms in total. The molecular formula is C13H17ClN2O2. The average Bonchev–Trinajstić information content (AvgIpc) is 2.77. The number of aromatic carboxylic acids is 1. The molecule has 0 amide bonds. The highest BCUT2D eigenvalue weighted by molar-refractivity contribution is 6.33. The fourth-order valence-electron chi connectivity index (χ4n) is 2.27. The Balaban J connectivity index is 2.16. The summed E-state index contributed by atoms with van der Waals surface area (Å²) in [6.07, 6.45) is 1.12. The van der Waals surface area contributed by atoms with Gasteiger partial charge in [-0.3, -0.25) is 0 Å². The zero-order valence-corrected chi connectivity index (χ0v) is 11.3. The number of rotatable bonds is 3. The Kier molecular flexibility index (Phi) is 3.78. The molecule has 1 aliphatic heterocycles. The van der Waals surface area contributed by atoms with E-state index in [1.54, 1.807) is 12.1 Å². The fraction of sp³-hybridized carbons (Fsp3) is 0.462. The maximum Gasteiger partial charge on any atom is 0.337 e. The molecule has 0 aromatic heterocycles. The van der Waals surface area contributed by atoms with Gasteiger partial charge in [0.25, 0.3) is 0 Å². The van der Waals surface area contributed by atoms with Gasteiger partial charge in [-0.2, -0.15) is 0 Å². The molecular weight excluding hydrogens is 252 g/mol. The lowest BCUT2D eigenvalue weighted by Gasteiger charge is -2.22. The van der Waals surface area contributed by atoms with E-state index in [2.05, 4.69) is 23.9 Å². The highest BCUT2D eigenvalue weighted by atomic mass is 35.5. The molecule has 1 aromatic carbocycles. The molecule has 1 N–H and O–H groups in total. The number of hydrogen-bond donors (Lipinski definition) is 1. The number of benzene rings is 1. The van der Waals surface area contributed by atoms with Crippen molar-refractivity contribution in [1.82, 2.24) is 4.90 Å². The first-order chi connectivity index (χ1) is 8.49. The van der Waals surface area contributed by atoms with Crippen LogP contribution in [0.3, 0.4) is 0 Å². The van der Waals surface area contributed by atoms with Gasteiger partial charge >= 0.3 is 5.97 Å². The molecule has 0 spiro atoms. The molecule has 0 bridgehead atoms. The second-order valence-electron chi connectivity index (χ2n) is 4.82. The zero-order valence-electron chi connectivity index (χ0n) is 10.6. The van der Waals surface area contributed by atoms with E-state index in [-0.39, 0.29) is 5.56 Å². The minimum absolute atomic E-state index is 0.156. The van der Waals surface area contributed by atoms with E-state index in [0.29, 0.717) is 11.1 Å². The predicted molar refractivity (Wildman–Crippen MR) is 72.7 cm³/mol. The van der Waals surface area contributed by atoms with Crippen LogP contribution in [0, 0.1) is 0 Å². The van der Waals surface area contributed by atoms with E-state index in [1.165, 1.54) is 0 Å². The van der Waals surface area contributed by atoms with Crippen LogP contribution in [0.5, 0.6) is 0 Å². The maximum absolute atomic E-state index is 10.9. The van der Waals surface area contributed by atoms with Crippen molar-refractivity contribution >= 4 is 23.3 Å². The normalized spacial score (nSPS) is 19.6. The Morgan fingerprint density at radius 2 is 2.22 bits per heavy atom. The first-order valence-corrected chi connectivity index (χ1v) is 6.31. The van der Waals surface area contributed by atoms with Crippen LogP contribution in [0.4, 0.5) is 5.69 Å². The molecule has 0 aliphatic carbocycles. The van der Waals surface area contributed by atoms with Gasteiger partial charge in [-0.1, -0.05) is 11.6 Å². The summed E-state index contributed by atoms with van der Waals surface area (Å²) in [7, 11) is 4.16. The van der Waals surface area contributed by atoms with Crippen LogP contribution < -0.4 is 4.90 Å². The number of hydrogen-bond acceptors (Lipinski definition) is 3. The van der Waals surface area contributed by atoms with Crippen LogP contribution >= 0.6 is 11.6 Å². The van der Waals surface area contributed by atoms with Gasteiger partial charge in [0.05, 0.1) is 10.6 Å². The summed E-state index contributed by atoms with van der Waals surface area (Å²) in [4.78, 5) is 15.3. The van der Waals surface area contributed by atoms with Crippen molar-refractivity contribution in [2.24, 2.45) is 0 Å². The SMILES string of the molecule is CN(C)C1CCN(c2ccc(C(=O)O)c(Cl)c2)C1. The third kappa shape index (κ3) is 2.60. The monoisotopic (exact) mass is 268 g/mol. The van der Waals surface area contributed by atoms with E-state index >= 15 is 0 Å². The van der Waals surface area contributed by atoms with Crippen molar-refractivity contribution < 1.29 is 9.90 Å². The van der Waals surface area contributed by atoms with Crippen LogP contribution in [0.15, 0.2) is 18.2 Å². The molecule has 1 atom stereocenters. The van der Waals surface area contributed by atoms with E-state index in [9.17, 15) is 4.79 Å². The summed E-state index contributed by atoms with van der Waals surface area (Å²) in [5, 5.41) is 9.23. The van der Waals surface area contributed by atoms with Crippen LogP contribution in [0.2, 0.25) is 5.02 Å². The Labute approximate surface area is 112 Å². The second-order valence-corrected chi connectivity index (χ2v) is 5.23. The number of nitrogens with zero attached hydrogens (tertiary/aromatic N) is 2. The topological polar surface area (TPSA) is 43.8 Å². The Morgan fingerprint density at radius 3 is 2.72 bits per heavy atom. The lowest BCUT2D eigenvalue weighted by atomic mass is 10.2. The summed E-state index contributed by atoms with van der Waals surface area (Å²) in [6.45, 7) is 1.93. The third-order valence-corrected chi connectivity index (χ3v) is 3.75. The van der Waals surface area contributed by atoms with Crippen LogP contribution in [-0.4, -0.2) is 49.2 Å². The smallest absolute Gasteiger partial charge is 0.337 e. The first-order valence-electron chi connectivity index (χ1n) is 5.93. The molecule has 1 fully saturated rings. The molecule has 1 heterocycles. The Hall–Kier alpha value is -1.26. The average molecular weight is 269 g/mol. The summed E-state index contributed by atoms with van der Waals surface area (Å²) >= 11 is 5.98. The van der Waals surface area contributed by atoms with Gasteiger partial charge < -0.3 is 14.9 Å². The molecule has 0 saturated carbocycles. The third-order valence-electron chi connectivity index (χ3n) is 3.44. The van der Waals surface area contributed by atoms with Gasteiger partial charge in [0.2, 0.25) is 0 Å². The lowest BCUT2D eigenvalue weighted by molar-refractivity contribution is 0.0697. The summed E-state index contributed by atoms with van der Waals surface area (Å²) < 4.78 is 0. The van der Waals surface area contributed by atoms with Crippen molar-refractivity contribution in [1.29, 1.82) is 0 Å². The standard InChI is InChI=1S/C13H17ClN2O2/c1-15(2)10-5-6-16(8-10)9-3-4-11(13(17)18)12(14)7-9/h3-4,7,10H,5-6,8H2,1-2H3,(H,17,18). The van der Waals surface area contributed by atoms with Crippen LogP contribution in [-0.2, 0) is 0 Å². The number of anilines is 1. The molecule has 1 unspecified atom stereocenters. The van der Waals surface area contributed by atoms with Crippen LogP contribution in [0.1, 0.15) is 16.8 Å². The number of carbonyl (C=O) groups is 1. The van der Waals surface area contributed by atoms with Crippen molar-refractivity contribution in [3.05, 3.63) is 28.8 Å². The van der Waals surface area contributed by atoms with Gasteiger partial charge in [0.1, 0.15) is 0 Å². The molecule has 1 saturated heterocycles. The maximum atomic E-state index is 10.9. The first kappa shape index (κ1) is 13.2. The van der Waals surface area contributed by atoms with Gasteiger partial charge in [0.15, 0.2) is 0 Å². The Bertz CT molecular complexity index is 462. The largest absolute Gasteiger partial charge is 0.478 e. The lowest BCUT2D eigenvalue weighted by Crippen LogP contribution is -2.31. The van der Waals surface area contributed by atoms with Crippen molar-refractivity contribution in [2.45, 2.75) is 12.5 Å². The number of carboxylic acid groups (broad SMARTS) is 1. The molecule has 0 radical (unpaired) electrons. The molecule has 2 rings (SSSR count). The molecule has 98 valence electrons. The van der Waals surface area contributed by atoms with E-state index in [0.717, 1.165) is 25.2 Å². The highest BCUT2D eigenvalue weighted by Crippen LogP contribution is 2.27. The number of carboxylic acids is 1. The minimum Gasteiger partial charge on any atom is -0.478 e. The van der Waals surface area contributed by atoms with Crippen molar-refractivity contribution in [3.63, 3.8) is 0 Å². The van der Waals surface area contributed by atoms with Gasteiger partial charge in [-0.25, -0.2) is 4.79 Å². The van der Waals surface area contributed by atoms with Crippen LogP contribution in [0.25, 0.3) is 0 Å². The predicted octanol–water partition coefficient (Wildman–Crippen LogP) is 2.18. The second kappa shape index (κ2) is 5.16. The van der Waals surface area contributed by atoms with Crippen molar-refractivity contribution in [2.75, 3.05) is 32.1 Å². The highest BCUT2D eigenvalue weighted by Gasteiger charge is 2.24. The molecule has 1 aromatic rings. The van der Waals surface area contributed by atoms with E-state index < -0.39 is 5.97 Å². The molecule has 1 aliphatic rings. The van der Waals surface area contributed by atoms with Gasteiger partial charge in [-0.15, -0.1) is 0 Å². The summed E-state index contributed by atoms with van der Waals surface area (Å²) in [5.74, 6) is -0.987. The number of likely N-dealkylation sites (N-methyl/N-ethyl adjacent to an activating group) is 1.